The van der Waals surface area contributed by atoms with Gasteiger partial charge in [0.1, 0.15) is 5.75 Å². The molecule has 2 rings (SSSR count). The molecule has 2 aromatic carbocycles. The molecule has 0 aliphatic heterocycles. The smallest absolute Gasteiger partial charge is 0.122 e. The van der Waals surface area contributed by atoms with Crippen LogP contribution >= 0.6 is 8.58 Å². The predicted molar refractivity (Wildman–Crippen MR) is 75.5 cm³/mol. The Hall–Kier alpha value is -1.33. The molecule has 0 aliphatic carbocycles. The van der Waals surface area contributed by atoms with E-state index in [-0.39, 0.29) is 5.16 Å². The van der Waals surface area contributed by atoms with Gasteiger partial charge in [0, 0.05) is 10.5 Å². The van der Waals surface area contributed by atoms with E-state index in [0.29, 0.717) is 14.3 Å². The zero-order valence-electron chi connectivity index (χ0n) is 10.1. The van der Waals surface area contributed by atoms with Crippen LogP contribution in [0.3, 0.4) is 0 Å². The molecule has 0 saturated heterocycles. The second-order valence-electron chi connectivity index (χ2n) is 4.63. The first-order valence-electron chi connectivity index (χ1n) is 5.71. The molecule has 0 bridgehead atoms. The quantitative estimate of drug-likeness (QED) is 0.817. The molecular formula is C15H17OP. The average molecular weight is 244 g/mol. The molecule has 2 aromatic rings. The predicted octanol–water partition coefficient (Wildman–Crippen LogP) is 3.63. The van der Waals surface area contributed by atoms with Gasteiger partial charge in [0.15, 0.2) is 0 Å². The Labute approximate surface area is 104 Å². The second-order valence-corrected chi connectivity index (χ2v) is 6.67. The van der Waals surface area contributed by atoms with Crippen LogP contribution in [0.1, 0.15) is 19.4 Å². The summed E-state index contributed by atoms with van der Waals surface area (Å²) < 4.78 is 0. The van der Waals surface area contributed by atoms with Crippen LogP contribution in [-0.2, 0) is 5.16 Å². The second kappa shape index (κ2) is 4.89. The average Bonchev–Trinajstić information content (AvgIpc) is 2.33. The number of phenols is 1. The summed E-state index contributed by atoms with van der Waals surface area (Å²) in [6, 6.07) is 18.0. The normalized spacial score (nSPS) is 12.1. The highest BCUT2D eigenvalue weighted by molar-refractivity contribution is 7.48. The largest absolute Gasteiger partial charge is 0.507 e. The number of para-hydroxylation sites is 1. The van der Waals surface area contributed by atoms with Crippen molar-refractivity contribution in [2.24, 2.45) is 0 Å². The van der Waals surface area contributed by atoms with E-state index in [4.69, 9.17) is 0 Å². The maximum Gasteiger partial charge on any atom is 0.122 e. The minimum absolute atomic E-state index is 0.0556. The minimum Gasteiger partial charge on any atom is -0.507 e. The molecule has 1 atom stereocenters. The maximum absolute atomic E-state index is 9.83. The lowest BCUT2D eigenvalue weighted by atomic mass is 10.0. The molecule has 0 fully saturated rings. The van der Waals surface area contributed by atoms with Crippen LogP contribution in [0.4, 0.5) is 0 Å². The molecule has 17 heavy (non-hydrogen) atoms. The molecule has 0 amide bonds. The maximum atomic E-state index is 9.83. The zero-order chi connectivity index (χ0) is 12.3. The number of aromatic hydroxyl groups is 1. The molecule has 0 spiro atoms. The highest BCUT2D eigenvalue weighted by Crippen LogP contribution is 2.41. The van der Waals surface area contributed by atoms with E-state index >= 15 is 0 Å². The van der Waals surface area contributed by atoms with Gasteiger partial charge in [-0.2, -0.15) is 0 Å². The van der Waals surface area contributed by atoms with Gasteiger partial charge >= 0.3 is 0 Å². The molecule has 0 saturated carbocycles. The molecule has 1 N–H and O–H groups in total. The van der Waals surface area contributed by atoms with Crippen molar-refractivity contribution < 1.29 is 5.11 Å². The molecule has 1 unspecified atom stereocenters. The Morgan fingerprint density at radius 1 is 0.882 bits per heavy atom. The number of hydrogen-bond acceptors (Lipinski definition) is 1. The summed E-state index contributed by atoms with van der Waals surface area (Å²) >= 11 is 0. The van der Waals surface area contributed by atoms with Crippen molar-refractivity contribution >= 4 is 13.9 Å². The molecule has 0 aliphatic rings. The first-order valence-corrected chi connectivity index (χ1v) is 6.71. The Bertz CT molecular complexity index is 491. The Morgan fingerprint density at radius 3 is 2.12 bits per heavy atom. The summed E-state index contributed by atoms with van der Waals surface area (Å²) in [6.45, 7) is 4.43. The number of phenolic OH excluding ortho intramolecular Hbond substituents is 1. The molecule has 2 heteroatoms. The van der Waals surface area contributed by atoms with Crippen molar-refractivity contribution in [2.75, 3.05) is 0 Å². The summed E-state index contributed by atoms with van der Waals surface area (Å²) in [7, 11) is 0.557. The Morgan fingerprint density at radius 2 is 1.47 bits per heavy atom. The third kappa shape index (κ3) is 2.87. The van der Waals surface area contributed by atoms with Crippen molar-refractivity contribution in [3.63, 3.8) is 0 Å². The third-order valence-corrected chi connectivity index (χ3v) is 4.45. The van der Waals surface area contributed by atoms with E-state index in [2.05, 4.69) is 38.1 Å². The van der Waals surface area contributed by atoms with Gasteiger partial charge in [-0.15, -0.1) is 0 Å². The van der Waals surface area contributed by atoms with E-state index in [0.717, 1.165) is 5.30 Å². The van der Waals surface area contributed by atoms with Gasteiger partial charge < -0.3 is 5.11 Å². The van der Waals surface area contributed by atoms with Crippen LogP contribution in [0, 0.1) is 0 Å². The minimum atomic E-state index is 0.0556. The summed E-state index contributed by atoms with van der Waals surface area (Å²) in [6.07, 6.45) is 0. The SMILES string of the molecule is CC(C)(Pc1ccccc1O)c1ccccc1. The lowest BCUT2D eigenvalue weighted by Crippen LogP contribution is -2.14. The van der Waals surface area contributed by atoms with Crippen LogP contribution in [0.15, 0.2) is 54.6 Å². The summed E-state index contributed by atoms with van der Waals surface area (Å²) in [5.41, 5.74) is 1.31. The van der Waals surface area contributed by atoms with Crippen molar-refractivity contribution in [1.82, 2.24) is 0 Å². The van der Waals surface area contributed by atoms with Crippen LogP contribution in [0.25, 0.3) is 0 Å². The molecule has 0 radical (unpaired) electrons. The zero-order valence-corrected chi connectivity index (χ0v) is 11.1. The van der Waals surface area contributed by atoms with Crippen molar-refractivity contribution in [3.8, 4) is 5.75 Å². The highest BCUT2D eigenvalue weighted by atomic mass is 31.1. The highest BCUT2D eigenvalue weighted by Gasteiger charge is 2.21. The Balaban J connectivity index is 2.27. The van der Waals surface area contributed by atoms with Gasteiger partial charge in [-0.3, -0.25) is 0 Å². The lowest BCUT2D eigenvalue weighted by molar-refractivity contribution is 0.479. The molecule has 88 valence electrons. The van der Waals surface area contributed by atoms with Gasteiger partial charge in [0.2, 0.25) is 0 Å². The van der Waals surface area contributed by atoms with E-state index in [1.165, 1.54) is 5.56 Å². The van der Waals surface area contributed by atoms with Crippen LogP contribution in [-0.4, -0.2) is 5.11 Å². The topological polar surface area (TPSA) is 20.2 Å². The molecule has 0 aromatic heterocycles. The summed E-state index contributed by atoms with van der Waals surface area (Å²) in [5.74, 6) is 0.398. The van der Waals surface area contributed by atoms with Crippen molar-refractivity contribution in [3.05, 3.63) is 60.2 Å². The fraction of sp³-hybridized carbons (Fsp3) is 0.200. The van der Waals surface area contributed by atoms with Crippen molar-refractivity contribution in [2.45, 2.75) is 19.0 Å². The van der Waals surface area contributed by atoms with Crippen LogP contribution in [0.2, 0.25) is 0 Å². The van der Waals surface area contributed by atoms with Gasteiger partial charge in [0.05, 0.1) is 0 Å². The molecular weight excluding hydrogens is 227 g/mol. The third-order valence-electron chi connectivity index (χ3n) is 2.85. The van der Waals surface area contributed by atoms with Crippen LogP contribution < -0.4 is 5.30 Å². The van der Waals surface area contributed by atoms with E-state index in [1.54, 1.807) is 6.07 Å². The van der Waals surface area contributed by atoms with E-state index < -0.39 is 0 Å². The fourth-order valence-electron chi connectivity index (χ4n) is 1.84. The van der Waals surface area contributed by atoms with Gasteiger partial charge in [-0.1, -0.05) is 71.0 Å². The van der Waals surface area contributed by atoms with E-state index in [9.17, 15) is 5.11 Å². The van der Waals surface area contributed by atoms with Crippen LogP contribution in [0.5, 0.6) is 5.75 Å². The summed E-state index contributed by atoms with van der Waals surface area (Å²) in [5, 5.41) is 10.9. The van der Waals surface area contributed by atoms with E-state index in [1.807, 2.05) is 24.3 Å². The first-order chi connectivity index (χ1) is 8.09. The number of benzene rings is 2. The lowest BCUT2D eigenvalue weighted by Gasteiger charge is -2.25. The summed E-state index contributed by atoms with van der Waals surface area (Å²) in [4.78, 5) is 0. The Kier molecular flexibility index (Phi) is 3.49. The fourth-order valence-corrected chi connectivity index (χ4v) is 3.22. The first kappa shape index (κ1) is 12.1. The number of hydrogen-bond donors (Lipinski definition) is 1. The van der Waals surface area contributed by atoms with Gasteiger partial charge in [-0.05, 0) is 11.6 Å². The monoisotopic (exact) mass is 244 g/mol. The van der Waals surface area contributed by atoms with Gasteiger partial charge in [0.25, 0.3) is 0 Å². The molecule has 1 nitrogen and oxygen atoms in total. The number of rotatable bonds is 3. The standard InChI is InChI=1S/C15H17OP/c1-15(2,12-8-4-3-5-9-12)17-14-11-7-6-10-13(14)16/h3-11,16-17H,1-2H3. The van der Waals surface area contributed by atoms with Gasteiger partial charge in [-0.25, -0.2) is 0 Å². The van der Waals surface area contributed by atoms with Crippen molar-refractivity contribution in [1.29, 1.82) is 0 Å². The molecule has 0 heterocycles.